The molecule has 0 aromatic carbocycles. The predicted molar refractivity (Wildman–Crippen MR) is 71.0 cm³/mol. The lowest BCUT2D eigenvalue weighted by atomic mass is 10.1. The molecule has 0 saturated carbocycles. The van der Waals surface area contributed by atoms with Crippen LogP contribution < -0.4 is 5.32 Å². The predicted octanol–water partition coefficient (Wildman–Crippen LogP) is 0.791. The molecule has 18 heavy (non-hydrogen) atoms. The second-order valence-electron chi connectivity index (χ2n) is 4.19. The normalized spacial score (nSPS) is 20.7. The first-order valence-corrected chi connectivity index (χ1v) is 6.63. The molecule has 1 fully saturated rings. The van der Waals surface area contributed by atoms with Gasteiger partial charge in [-0.05, 0) is 27.6 Å². The molecule has 1 saturated heterocycles. The molecule has 6 heteroatoms. The average Bonchev–Trinajstić information content (AvgIpc) is 2.38. The second kappa shape index (κ2) is 6.26. The van der Waals surface area contributed by atoms with E-state index in [1.54, 1.807) is 13.2 Å². The number of aromatic nitrogens is 1. The van der Waals surface area contributed by atoms with E-state index in [0.717, 1.165) is 16.6 Å². The van der Waals surface area contributed by atoms with Crippen LogP contribution in [0.2, 0.25) is 0 Å². The van der Waals surface area contributed by atoms with E-state index in [-0.39, 0.29) is 11.9 Å². The molecule has 5 nitrogen and oxygen atoms in total. The van der Waals surface area contributed by atoms with Crippen molar-refractivity contribution < 1.29 is 9.53 Å². The van der Waals surface area contributed by atoms with Crippen molar-refractivity contribution in [3.8, 4) is 0 Å². The molecular weight excluding hydrogens is 298 g/mol. The number of rotatable bonds is 3. The Hall–Kier alpha value is -0.980. The van der Waals surface area contributed by atoms with Gasteiger partial charge in [-0.1, -0.05) is 0 Å². The van der Waals surface area contributed by atoms with Gasteiger partial charge in [0.1, 0.15) is 6.04 Å². The maximum Gasteiger partial charge on any atom is 0.239 e. The molecule has 0 spiro atoms. The molecule has 0 radical (unpaired) electrons. The topological polar surface area (TPSA) is 54.5 Å². The molecule has 1 atom stereocenters. The quantitative estimate of drug-likeness (QED) is 0.896. The highest BCUT2D eigenvalue weighted by molar-refractivity contribution is 9.10. The number of carbonyl (C=O) groups excluding carboxylic acids is 1. The van der Waals surface area contributed by atoms with E-state index in [0.29, 0.717) is 19.8 Å². The van der Waals surface area contributed by atoms with Crippen LogP contribution >= 0.6 is 15.9 Å². The molecule has 1 aromatic heterocycles. The number of morpholine rings is 1. The van der Waals surface area contributed by atoms with Crippen LogP contribution in [0.4, 0.5) is 0 Å². The molecule has 1 unspecified atom stereocenters. The minimum atomic E-state index is -0.220. The Morgan fingerprint density at radius 1 is 1.67 bits per heavy atom. The van der Waals surface area contributed by atoms with Crippen LogP contribution in [0.15, 0.2) is 22.9 Å². The fourth-order valence-electron chi connectivity index (χ4n) is 2.01. The van der Waals surface area contributed by atoms with E-state index in [9.17, 15) is 4.79 Å². The molecule has 0 bridgehead atoms. The minimum absolute atomic E-state index is 0.00217. The SMILES string of the molecule is CNC(=O)C1COCCN1Cc1cncc(Br)c1. The van der Waals surface area contributed by atoms with Crippen LogP contribution in [0.25, 0.3) is 0 Å². The number of nitrogens with one attached hydrogen (secondary N) is 1. The van der Waals surface area contributed by atoms with E-state index in [2.05, 4.69) is 31.1 Å². The fraction of sp³-hybridized carbons (Fsp3) is 0.500. The highest BCUT2D eigenvalue weighted by Gasteiger charge is 2.28. The lowest BCUT2D eigenvalue weighted by Crippen LogP contribution is -2.52. The smallest absolute Gasteiger partial charge is 0.239 e. The Balaban J connectivity index is 2.07. The number of hydrogen-bond donors (Lipinski definition) is 1. The highest BCUT2D eigenvalue weighted by atomic mass is 79.9. The Morgan fingerprint density at radius 3 is 3.22 bits per heavy atom. The van der Waals surface area contributed by atoms with Crippen LogP contribution in [0.1, 0.15) is 5.56 Å². The summed E-state index contributed by atoms with van der Waals surface area (Å²) in [6, 6.07) is 1.80. The number of amides is 1. The van der Waals surface area contributed by atoms with Crippen molar-refractivity contribution in [2.24, 2.45) is 0 Å². The van der Waals surface area contributed by atoms with Crippen molar-refractivity contribution in [3.05, 3.63) is 28.5 Å². The van der Waals surface area contributed by atoms with Gasteiger partial charge < -0.3 is 10.1 Å². The van der Waals surface area contributed by atoms with Gasteiger partial charge in [0.15, 0.2) is 0 Å². The fourth-order valence-corrected chi connectivity index (χ4v) is 2.42. The third-order valence-corrected chi connectivity index (χ3v) is 3.37. The average molecular weight is 314 g/mol. The maximum atomic E-state index is 11.8. The molecule has 2 rings (SSSR count). The van der Waals surface area contributed by atoms with Crippen molar-refractivity contribution in [2.45, 2.75) is 12.6 Å². The number of likely N-dealkylation sites (N-methyl/N-ethyl adjacent to an activating group) is 1. The van der Waals surface area contributed by atoms with Gasteiger partial charge in [0.25, 0.3) is 0 Å². The summed E-state index contributed by atoms with van der Waals surface area (Å²) in [6.07, 6.45) is 3.57. The van der Waals surface area contributed by atoms with E-state index < -0.39 is 0 Å². The summed E-state index contributed by atoms with van der Waals surface area (Å²) >= 11 is 3.40. The van der Waals surface area contributed by atoms with Crippen molar-refractivity contribution in [3.63, 3.8) is 0 Å². The first-order valence-electron chi connectivity index (χ1n) is 5.83. The Labute approximate surface area is 115 Å². The summed E-state index contributed by atoms with van der Waals surface area (Å²) in [5.74, 6) is -0.00217. The minimum Gasteiger partial charge on any atom is -0.378 e. The summed E-state index contributed by atoms with van der Waals surface area (Å²) < 4.78 is 6.32. The third kappa shape index (κ3) is 3.28. The Bertz CT molecular complexity index is 428. The van der Waals surface area contributed by atoms with Crippen LogP contribution in [0, 0.1) is 0 Å². The second-order valence-corrected chi connectivity index (χ2v) is 5.10. The standard InChI is InChI=1S/C12H16BrN3O2/c1-14-12(17)11-8-18-3-2-16(11)7-9-4-10(13)6-15-5-9/h4-6,11H,2-3,7-8H2,1H3,(H,14,17). The van der Waals surface area contributed by atoms with Crippen molar-refractivity contribution in [1.82, 2.24) is 15.2 Å². The van der Waals surface area contributed by atoms with Gasteiger partial charge in [0.05, 0.1) is 13.2 Å². The summed E-state index contributed by atoms with van der Waals surface area (Å²) in [6.45, 7) is 2.56. The van der Waals surface area contributed by atoms with Gasteiger partial charge in [0.2, 0.25) is 5.91 Å². The van der Waals surface area contributed by atoms with E-state index in [1.165, 1.54) is 0 Å². The van der Waals surface area contributed by atoms with Gasteiger partial charge in [-0.15, -0.1) is 0 Å². The first kappa shape index (κ1) is 13.5. The number of nitrogens with zero attached hydrogens (tertiary/aromatic N) is 2. The summed E-state index contributed by atoms with van der Waals surface area (Å²) in [5.41, 5.74) is 1.08. The number of carbonyl (C=O) groups is 1. The Kier molecular flexibility index (Phi) is 4.68. The third-order valence-electron chi connectivity index (χ3n) is 2.94. The number of pyridine rings is 1. The summed E-state index contributed by atoms with van der Waals surface area (Å²) in [7, 11) is 1.65. The van der Waals surface area contributed by atoms with Crippen LogP contribution in [0.3, 0.4) is 0 Å². The lowest BCUT2D eigenvalue weighted by Gasteiger charge is -2.34. The monoisotopic (exact) mass is 313 g/mol. The highest BCUT2D eigenvalue weighted by Crippen LogP contribution is 2.15. The van der Waals surface area contributed by atoms with Gasteiger partial charge >= 0.3 is 0 Å². The lowest BCUT2D eigenvalue weighted by molar-refractivity contribution is -0.132. The molecule has 98 valence electrons. The van der Waals surface area contributed by atoms with Gasteiger partial charge in [-0.2, -0.15) is 0 Å². The van der Waals surface area contributed by atoms with Crippen LogP contribution in [-0.2, 0) is 16.1 Å². The molecular formula is C12H16BrN3O2. The van der Waals surface area contributed by atoms with E-state index >= 15 is 0 Å². The zero-order valence-corrected chi connectivity index (χ0v) is 11.8. The van der Waals surface area contributed by atoms with E-state index in [1.807, 2.05) is 12.3 Å². The van der Waals surface area contributed by atoms with Crippen molar-refractivity contribution in [2.75, 3.05) is 26.8 Å². The zero-order valence-electron chi connectivity index (χ0n) is 10.2. The van der Waals surface area contributed by atoms with Gasteiger partial charge in [0, 0.05) is 37.0 Å². The summed E-state index contributed by atoms with van der Waals surface area (Å²) in [4.78, 5) is 18.0. The molecule has 1 aliphatic heterocycles. The number of halogens is 1. The zero-order chi connectivity index (χ0) is 13.0. The van der Waals surface area contributed by atoms with Crippen LogP contribution in [-0.4, -0.2) is 48.6 Å². The number of hydrogen-bond acceptors (Lipinski definition) is 4. The Morgan fingerprint density at radius 2 is 2.50 bits per heavy atom. The molecule has 1 aromatic rings. The first-order chi connectivity index (χ1) is 8.70. The molecule has 0 aliphatic carbocycles. The summed E-state index contributed by atoms with van der Waals surface area (Å²) in [5, 5.41) is 2.68. The van der Waals surface area contributed by atoms with Crippen molar-refractivity contribution in [1.29, 1.82) is 0 Å². The molecule has 1 amide bonds. The maximum absolute atomic E-state index is 11.8. The van der Waals surface area contributed by atoms with Crippen molar-refractivity contribution >= 4 is 21.8 Å². The van der Waals surface area contributed by atoms with Gasteiger partial charge in [-0.25, -0.2) is 0 Å². The van der Waals surface area contributed by atoms with E-state index in [4.69, 9.17) is 4.74 Å². The molecule has 2 heterocycles. The molecule has 1 aliphatic rings. The molecule has 1 N–H and O–H groups in total. The van der Waals surface area contributed by atoms with Crippen LogP contribution in [0.5, 0.6) is 0 Å². The number of ether oxygens (including phenoxy) is 1. The largest absolute Gasteiger partial charge is 0.378 e. The van der Waals surface area contributed by atoms with Gasteiger partial charge in [-0.3, -0.25) is 14.7 Å².